The Bertz CT molecular complexity index is 68.9. The van der Waals surface area contributed by atoms with Gasteiger partial charge in [-0.05, 0) is 18.9 Å². The molecule has 0 aliphatic carbocycles. The molecule has 0 unspecified atom stereocenters. The van der Waals surface area contributed by atoms with E-state index in [2.05, 4.69) is 6.92 Å². The van der Waals surface area contributed by atoms with Crippen molar-refractivity contribution in [3.63, 3.8) is 0 Å². The van der Waals surface area contributed by atoms with E-state index in [1.165, 1.54) is 6.26 Å². The van der Waals surface area contributed by atoms with Gasteiger partial charge in [0.05, 0.1) is 6.26 Å². The van der Waals surface area contributed by atoms with E-state index in [4.69, 9.17) is 5.11 Å². The molecule has 0 fully saturated rings. The molecule has 0 spiro atoms. The summed E-state index contributed by atoms with van der Waals surface area (Å²) in [7, 11) is 0. The van der Waals surface area contributed by atoms with E-state index in [1.54, 1.807) is 0 Å². The van der Waals surface area contributed by atoms with E-state index < -0.39 is 0 Å². The van der Waals surface area contributed by atoms with Crippen molar-refractivity contribution in [3.8, 4) is 0 Å². The van der Waals surface area contributed by atoms with Crippen molar-refractivity contribution in [1.82, 2.24) is 0 Å². The molecule has 0 bridgehead atoms. The minimum Gasteiger partial charge on any atom is -0.516 e. The zero-order valence-corrected chi connectivity index (χ0v) is 6.18. The van der Waals surface area contributed by atoms with Crippen molar-refractivity contribution in [2.75, 3.05) is 0 Å². The maximum absolute atomic E-state index is 8.30. The van der Waals surface area contributed by atoms with E-state index in [1.807, 2.05) is 6.92 Å². The summed E-state index contributed by atoms with van der Waals surface area (Å²) in [5.74, 6) is 0. The van der Waals surface area contributed by atoms with E-state index in [-0.39, 0.29) is 17.1 Å². The van der Waals surface area contributed by atoms with Gasteiger partial charge in [-0.25, -0.2) is 0 Å². The van der Waals surface area contributed by atoms with E-state index in [0.717, 1.165) is 18.4 Å². The van der Waals surface area contributed by atoms with Crippen LogP contribution in [0.15, 0.2) is 11.8 Å². The van der Waals surface area contributed by atoms with Gasteiger partial charge in [0, 0.05) is 17.1 Å². The number of aliphatic hydroxyl groups excluding tert-OH is 1. The molecule has 1 nitrogen and oxygen atoms in total. The van der Waals surface area contributed by atoms with Gasteiger partial charge in [0.25, 0.3) is 0 Å². The second kappa shape index (κ2) is 7.06. The van der Waals surface area contributed by atoms with Crippen LogP contribution in [0.5, 0.6) is 0 Å². The number of allylic oxidation sites excluding steroid dienone is 1. The van der Waals surface area contributed by atoms with Gasteiger partial charge in [0.15, 0.2) is 0 Å². The number of hydrogen-bond acceptors (Lipinski definition) is 1. The normalized spacial score (nSPS) is 10.5. The van der Waals surface area contributed by atoms with Crippen molar-refractivity contribution in [1.29, 1.82) is 0 Å². The van der Waals surface area contributed by atoms with Crippen LogP contribution in [0.2, 0.25) is 0 Å². The van der Waals surface area contributed by atoms with Crippen LogP contribution in [-0.2, 0) is 17.1 Å². The molecule has 0 saturated heterocycles. The molecule has 8 heavy (non-hydrogen) atoms. The summed E-state index contributed by atoms with van der Waals surface area (Å²) in [6, 6.07) is 0. The first-order valence-corrected chi connectivity index (χ1v) is 2.61. The Balaban J connectivity index is 0. The average Bonchev–Trinajstić information content (AvgIpc) is 1.68. The molecule has 0 atom stereocenters. The summed E-state index contributed by atoms with van der Waals surface area (Å²) in [6.45, 7) is 4.01. The standard InChI is InChI=1S/C6H12O.Cu/c1-3-4-6(2)5-7;/h5,7H,3-4H2,1-2H3;. The van der Waals surface area contributed by atoms with Crippen LogP contribution >= 0.6 is 0 Å². The predicted octanol–water partition coefficient (Wildman–Crippen LogP) is 2.25. The van der Waals surface area contributed by atoms with Crippen LogP contribution in [-0.4, -0.2) is 5.11 Å². The maximum Gasteiger partial charge on any atom is 0.0780 e. The molecule has 0 amide bonds. The summed E-state index contributed by atoms with van der Waals surface area (Å²) < 4.78 is 0. The first-order valence-electron chi connectivity index (χ1n) is 2.61. The smallest absolute Gasteiger partial charge is 0.0780 e. The Morgan fingerprint density at radius 2 is 2.12 bits per heavy atom. The minimum atomic E-state index is 0. The average molecular weight is 164 g/mol. The third-order valence-electron chi connectivity index (χ3n) is 0.865. The molecule has 53 valence electrons. The fourth-order valence-corrected chi connectivity index (χ4v) is 0.459. The minimum absolute atomic E-state index is 0. The molecule has 0 aromatic carbocycles. The molecule has 0 aromatic heterocycles. The summed E-state index contributed by atoms with van der Waals surface area (Å²) in [6.07, 6.45) is 3.29. The van der Waals surface area contributed by atoms with Gasteiger partial charge in [-0.1, -0.05) is 13.3 Å². The predicted molar refractivity (Wildman–Crippen MR) is 31.3 cm³/mol. The van der Waals surface area contributed by atoms with Crippen molar-refractivity contribution in [2.24, 2.45) is 0 Å². The molecule has 0 heterocycles. The quantitative estimate of drug-likeness (QED) is 0.489. The molecule has 2 heteroatoms. The molecular formula is C6H12CuO. The monoisotopic (exact) mass is 163 g/mol. The topological polar surface area (TPSA) is 20.2 Å². The Morgan fingerprint density at radius 1 is 1.62 bits per heavy atom. The van der Waals surface area contributed by atoms with Gasteiger partial charge in [0.2, 0.25) is 0 Å². The van der Waals surface area contributed by atoms with Crippen LogP contribution in [0.3, 0.4) is 0 Å². The summed E-state index contributed by atoms with van der Waals surface area (Å²) in [4.78, 5) is 0. The molecule has 0 rings (SSSR count). The van der Waals surface area contributed by atoms with Crippen LogP contribution < -0.4 is 0 Å². The summed E-state index contributed by atoms with van der Waals surface area (Å²) >= 11 is 0. The molecule has 0 saturated carbocycles. The van der Waals surface area contributed by atoms with Gasteiger partial charge in [-0.15, -0.1) is 0 Å². The number of rotatable bonds is 2. The number of aliphatic hydroxyl groups is 1. The zero-order chi connectivity index (χ0) is 5.70. The first kappa shape index (κ1) is 10.9. The number of hydrogen-bond donors (Lipinski definition) is 1. The van der Waals surface area contributed by atoms with E-state index in [0.29, 0.717) is 0 Å². The van der Waals surface area contributed by atoms with Gasteiger partial charge in [-0.2, -0.15) is 0 Å². The van der Waals surface area contributed by atoms with Gasteiger partial charge in [0.1, 0.15) is 0 Å². The summed E-state index contributed by atoms with van der Waals surface area (Å²) in [5, 5.41) is 8.30. The Kier molecular flexibility index (Phi) is 9.65. The van der Waals surface area contributed by atoms with Crippen molar-refractivity contribution in [3.05, 3.63) is 11.8 Å². The zero-order valence-electron chi connectivity index (χ0n) is 5.24. The molecule has 0 aromatic rings. The van der Waals surface area contributed by atoms with Crippen LogP contribution in [0.25, 0.3) is 0 Å². The van der Waals surface area contributed by atoms with Crippen molar-refractivity contribution >= 4 is 0 Å². The molecule has 1 N–H and O–H groups in total. The second-order valence-electron chi connectivity index (χ2n) is 1.73. The third-order valence-corrected chi connectivity index (χ3v) is 0.865. The third kappa shape index (κ3) is 6.06. The molecule has 1 radical (unpaired) electrons. The SMILES string of the molecule is CCCC(C)=CO.[Cu]. The fourth-order valence-electron chi connectivity index (χ4n) is 0.459. The van der Waals surface area contributed by atoms with Crippen molar-refractivity contribution in [2.45, 2.75) is 26.7 Å². The second-order valence-corrected chi connectivity index (χ2v) is 1.73. The van der Waals surface area contributed by atoms with Crippen LogP contribution in [0.1, 0.15) is 26.7 Å². The maximum atomic E-state index is 8.30. The van der Waals surface area contributed by atoms with Crippen molar-refractivity contribution < 1.29 is 22.2 Å². The first-order chi connectivity index (χ1) is 3.31. The largest absolute Gasteiger partial charge is 0.516 e. The summed E-state index contributed by atoms with van der Waals surface area (Å²) in [5.41, 5.74) is 1.06. The Labute approximate surface area is 61.3 Å². The van der Waals surface area contributed by atoms with E-state index >= 15 is 0 Å². The Hall–Kier alpha value is 0.0595. The van der Waals surface area contributed by atoms with Crippen LogP contribution in [0.4, 0.5) is 0 Å². The fraction of sp³-hybridized carbons (Fsp3) is 0.667. The van der Waals surface area contributed by atoms with Gasteiger partial charge >= 0.3 is 0 Å². The molecule has 0 aliphatic heterocycles. The van der Waals surface area contributed by atoms with Gasteiger partial charge < -0.3 is 5.11 Å². The van der Waals surface area contributed by atoms with Gasteiger partial charge in [-0.3, -0.25) is 0 Å². The van der Waals surface area contributed by atoms with E-state index in [9.17, 15) is 0 Å². The molecule has 0 aliphatic rings. The van der Waals surface area contributed by atoms with Crippen LogP contribution in [0, 0.1) is 0 Å². The molecular weight excluding hydrogens is 152 g/mol. The Morgan fingerprint density at radius 3 is 2.25 bits per heavy atom.